The molecule has 0 bridgehead atoms. The Bertz CT molecular complexity index is 709. The van der Waals surface area contributed by atoms with Crippen LogP contribution in [0.2, 0.25) is 0 Å². The third-order valence-electron chi connectivity index (χ3n) is 7.90. The number of rotatable bonds is 35. The SMILES string of the molecule is CCCCCC=CCC=CCCCCCCCCOC(OCCCCCCCCC=CCC=CCCCCC)C(O)CN=[N+]=[N-]. The molecule has 0 heterocycles. The van der Waals surface area contributed by atoms with Gasteiger partial charge >= 0.3 is 0 Å². The van der Waals surface area contributed by atoms with E-state index in [2.05, 4.69) is 72.5 Å². The zero-order chi connectivity index (χ0) is 32.7. The summed E-state index contributed by atoms with van der Waals surface area (Å²) in [5.74, 6) is 0. The normalized spacial score (nSPS) is 13.5. The second-order valence-corrected chi connectivity index (χ2v) is 12.3. The van der Waals surface area contributed by atoms with Crippen LogP contribution in [0.3, 0.4) is 0 Å². The predicted octanol–water partition coefficient (Wildman–Crippen LogP) is 12.6. The molecular formula is C39H71N3O3. The quantitative estimate of drug-likeness (QED) is 0.0189. The number of ether oxygens (including phenoxy) is 2. The monoisotopic (exact) mass is 630 g/mol. The molecule has 0 aliphatic heterocycles. The second-order valence-electron chi connectivity index (χ2n) is 12.3. The van der Waals surface area contributed by atoms with Crippen LogP contribution in [-0.2, 0) is 9.47 Å². The van der Waals surface area contributed by atoms with Gasteiger partial charge in [0.25, 0.3) is 0 Å². The highest BCUT2D eigenvalue weighted by Crippen LogP contribution is 2.12. The van der Waals surface area contributed by atoms with Crippen molar-refractivity contribution in [3.05, 3.63) is 59.1 Å². The van der Waals surface area contributed by atoms with Crippen LogP contribution in [0.25, 0.3) is 10.4 Å². The third kappa shape index (κ3) is 34.9. The molecule has 0 aliphatic rings. The molecule has 0 amide bonds. The number of hydrogen-bond acceptors (Lipinski definition) is 4. The topological polar surface area (TPSA) is 87.5 Å². The summed E-state index contributed by atoms with van der Waals surface area (Å²) in [5.41, 5.74) is 8.61. The molecule has 0 aromatic carbocycles. The first-order chi connectivity index (χ1) is 22.3. The fourth-order valence-corrected chi connectivity index (χ4v) is 5.06. The van der Waals surface area contributed by atoms with Gasteiger partial charge in [-0.2, -0.15) is 0 Å². The van der Waals surface area contributed by atoms with E-state index in [0.29, 0.717) is 13.2 Å². The van der Waals surface area contributed by atoms with Crippen molar-refractivity contribution >= 4 is 0 Å². The molecule has 260 valence electrons. The minimum atomic E-state index is -0.935. The molecule has 0 saturated heterocycles. The van der Waals surface area contributed by atoms with Crippen LogP contribution in [0.15, 0.2) is 53.7 Å². The maximum absolute atomic E-state index is 10.4. The predicted molar refractivity (Wildman–Crippen MR) is 194 cm³/mol. The largest absolute Gasteiger partial charge is 0.388 e. The van der Waals surface area contributed by atoms with Crippen LogP contribution in [0.5, 0.6) is 0 Å². The van der Waals surface area contributed by atoms with Gasteiger partial charge in [-0.15, -0.1) is 0 Å². The van der Waals surface area contributed by atoms with E-state index in [4.69, 9.17) is 15.0 Å². The summed E-state index contributed by atoms with van der Waals surface area (Å²) in [7, 11) is 0. The standard InChI is InChI=1S/C39H71N3O3/c1-3-5-7-9-11-13-15-17-19-21-23-25-27-29-31-33-35-44-39(38(43)37-41-42-40)45-36-34-32-30-28-26-24-22-20-18-16-14-12-10-8-6-4-2/h11-14,17-20,38-39,43H,3-10,15-16,21-37H2,1-2H3. The van der Waals surface area contributed by atoms with E-state index >= 15 is 0 Å². The van der Waals surface area contributed by atoms with Crippen molar-refractivity contribution in [1.29, 1.82) is 0 Å². The summed E-state index contributed by atoms with van der Waals surface area (Å²) in [5, 5.41) is 13.9. The molecule has 0 spiro atoms. The molecular weight excluding hydrogens is 558 g/mol. The van der Waals surface area contributed by atoms with Crippen molar-refractivity contribution in [2.45, 2.75) is 180 Å². The fourth-order valence-electron chi connectivity index (χ4n) is 5.06. The fraction of sp³-hybridized carbons (Fsp3) is 0.795. The number of aliphatic hydroxyl groups is 1. The van der Waals surface area contributed by atoms with Crippen molar-refractivity contribution in [2.24, 2.45) is 5.11 Å². The van der Waals surface area contributed by atoms with Gasteiger partial charge in [0, 0.05) is 18.1 Å². The maximum Gasteiger partial charge on any atom is 0.183 e. The number of nitrogens with zero attached hydrogens (tertiary/aromatic N) is 3. The summed E-state index contributed by atoms with van der Waals surface area (Å²) in [4.78, 5) is 2.76. The van der Waals surface area contributed by atoms with Gasteiger partial charge in [0.1, 0.15) is 6.10 Å². The maximum atomic E-state index is 10.4. The van der Waals surface area contributed by atoms with Gasteiger partial charge in [-0.3, -0.25) is 0 Å². The first-order valence-corrected chi connectivity index (χ1v) is 18.8. The zero-order valence-electron chi connectivity index (χ0n) is 29.5. The first kappa shape index (κ1) is 43.1. The molecule has 6 heteroatoms. The second kappa shape index (κ2) is 38.3. The van der Waals surface area contributed by atoms with Crippen LogP contribution < -0.4 is 0 Å². The minimum absolute atomic E-state index is 0.0332. The Morgan fingerprint density at radius 2 is 0.889 bits per heavy atom. The Balaban J connectivity index is 3.80. The number of azide groups is 1. The average molecular weight is 630 g/mol. The molecule has 1 atom stereocenters. The molecule has 0 saturated carbocycles. The number of allylic oxidation sites excluding steroid dienone is 8. The van der Waals surface area contributed by atoms with Gasteiger partial charge in [-0.05, 0) is 82.6 Å². The Morgan fingerprint density at radius 1 is 0.533 bits per heavy atom. The van der Waals surface area contributed by atoms with E-state index in [1.807, 2.05) is 0 Å². The Hall–Kier alpha value is -1.85. The third-order valence-corrected chi connectivity index (χ3v) is 7.90. The van der Waals surface area contributed by atoms with Crippen molar-refractivity contribution in [3.8, 4) is 0 Å². The summed E-state index contributed by atoms with van der Waals surface area (Å²) >= 11 is 0. The van der Waals surface area contributed by atoms with E-state index in [1.54, 1.807) is 0 Å². The van der Waals surface area contributed by atoms with Crippen LogP contribution >= 0.6 is 0 Å². The number of unbranched alkanes of at least 4 members (excludes halogenated alkanes) is 18. The summed E-state index contributed by atoms with van der Waals surface area (Å²) < 4.78 is 11.7. The molecule has 0 aliphatic carbocycles. The lowest BCUT2D eigenvalue weighted by Crippen LogP contribution is -2.34. The molecule has 0 fully saturated rings. The van der Waals surface area contributed by atoms with Crippen LogP contribution in [0.4, 0.5) is 0 Å². The molecule has 1 N–H and O–H groups in total. The Kier molecular flexibility index (Phi) is 36.8. The lowest BCUT2D eigenvalue weighted by Gasteiger charge is -2.22. The summed E-state index contributed by atoms with van der Waals surface area (Å²) in [6, 6.07) is 0. The summed E-state index contributed by atoms with van der Waals surface area (Å²) in [6.07, 6.45) is 45.6. The smallest absolute Gasteiger partial charge is 0.183 e. The molecule has 1 unspecified atom stereocenters. The van der Waals surface area contributed by atoms with E-state index in [1.165, 1.54) is 116 Å². The highest BCUT2D eigenvalue weighted by molar-refractivity contribution is 4.93. The molecule has 6 nitrogen and oxygen atoms in total. The number of aliphatic hydroxyl groups excluding tert-OH is 1. The highest BCUT2D eigenvalue weighted by atomic mass is 16.7. The van der Waals surface area contributed by atoms with Crippen molar-refractivity contribution in [1.82, 2.24) is 0 Å². The summed E-state index contributed by atoms with van der Waals surface area (Å²) in [6.45, 7) is 5.56. The van der Waals surface area contributed by atoms with E-state index in [-0.39, 0.29) is 6.54 Å². The van der Waals surface area contributed by atoms with Crippen LogP contribution in [0.1, 0.15) is 168 Å². The minimum Gasteiger partial charge on any atom is -0.388 e. The average Bonchev–Trinajstić information content (AvgIpc) is 3.05. The van der Waals surface area contributed by atoms with Crippen molar-refractivity contribution < 1.29 is 14.6 Å². The van der Waals surface area contributed by atoms with Gasteiger partial charge < -0.3 is 14.6 Å². The lowest BCUT2D eigenvalue weighted by molar-refractivity contribution is -0.192. The lowest BCUT2D eigenvalue weighted by atomic mass is 10.1. The van der Waals surface area contributed by atoms with Crippen LogP contribution in [-0.4, -0.2) is 37.3 Å². The molecule has 45 heavy (non-hydrogen) atoms. The van der Waals surface area contributed by atoms with Gasteiger partial charge in [0.15, 0.2) is 6.29 Å². The number of hydrogen-bond donors (Lipinski definition) is 1. The van der Waals surface area contributed by atoms with Gasteiger partial charge in [0.05, 0.1) is 6.54 Å². The van der Waals surface area contributed by atoms with Crippen molar-refractivity contribution in [3.63, 3.8) is 0 Å². The van der Waals surface area contributed by atoms with Gasteiger partial charge in [-0.1, -0.05) is 145 Å². The molecule has 0 radical (unpaired) electrons. The zero-order valence-corrected chi connectivity index (χ0v) is 29.5. The first-order valence-electron chi connectivity index (χ1n) is 18.8. The van der Waals surface area contributed by atoms with Crippen molar-refractivity contribution in [2.75, 3.05) is 19.8 Å². The highest BCUT2D eigenvalue weighted by Gasteiger charge is 2.19. The molecule has 0 aromatic heterocycles. The van der Waals surface area contributed by atoms with E-state index in [9.17, 15) is 5.11 Å². The Morgan fingerprint density at radius 3 is 1.27 bits per heavy atom. The molecule has 0 aromatic rings. The molecule has 0 rings (SSSR count). The van der Waals surface area contributed by atoms with Crippen LogP contribution in [0, 0.1) is 0 Å². The van der Waals surface area contributed by atoms with Gasteiger partial charge in [-0.25, -0.2) is 0 Å². The van der Waals surface area contributed by atoms with Gasteiger partial charge in [0.2, 0.25) is 0 Å². The van der Waals surface area contributed by atoms with E-state index < -0.39 is 12.4 Å². The van der Waals surface area contributed by atoms with E-state index in [0.717, 1.165) is 38.5 Å². The Labute approximate surface area is 278 Å².